The van der Waals surface area contributed by atoms with E-state index in [2.05, 4.69) is 15.5 Å². The van der Waals surface area contributed by atoms with Gasteiger partial charge < -0.3 is 15.6 Å². The maximum atomic E-state index is 14.0. The standard InChI is InChI=1S/C22H20F2N6O2/c23-16-6-13-9-20(22(25)28-21(13)17(24)10-16)32-12-15-8-18-14(11-27-30(18)4-5-31)7-19(15)29-3-1-2-26-29/h1,3,6-11,26,31H,2,4-5,12H2,(H2,25,28). The SMILES string of the molecule is Nc1nc2c(F)cc(F)cc2cc1OCc1cc2c(cnn2CCO)cc1N1C=CCN1. The Kier molecular flexibility index (Phi) is 5.08. The highest BCUT2D eigenvalue weighted by molar-refractivity contribution is 5.85. The number of aromatic nitrogens is 3. The van der Waals surface area contributed by atoms with Crippen molar-refractivity contribution in [2.24, 2.45) is 0 Å². The normalized spacial score (nSPS) is 13.5. The summed E-state index contributed by atoms with van der Waals surface area (Å²) in [6.07, 6.45) is 5.64. The molecular formula is C22H20F2N6O2. The smallest absolute Gasteiger partial charge is 0.166 e. The van der Waals surface area contributed by atoms with Crippen LogP contribution < -0.4 is 20.9 Å². The Bertz CT molecular complexity index is 1350. The molecule has 4 aromatic rings. The van der Waals surface area contributed by atoms with E-state index in [9.17, 15) is 13.9 Å². The van der Waals surface area contributed by atoms with Crippen LogP contribution in [0.1, 0.15) is 5.56 Å². The van der Waals surface area contributed by atoms with Crippen LogP contribution >= 0.6 is 0 Å². The van der Waals surface area contributed by atoms with Gasteiger partial charge in [0.2, 0.25) is 0 Å². The average Bonchev–Trinajstić information content (AvgIpc) is 3.43. The van der Waals surface area contributed by atoms with Crippen molar-refractivity contribution in [3.63, 3.8) is 0 Å². The Morgan fingerprint density at radius 3 is 2.81 bits per heavy atom. The number of rotatable bonds is 6. The number of hydrazine groups is 1. The molecule has 8 nitrogen and oxygen atoms in total. The second kappa shape index (κ2) is 8.06. The maximum absolute atomic E-state index is 14.0. The molecule has 164 valence electrons. The zero-order valence-corrected chi connectivity index (χ0v) is 16.9. The molecular weight excluding hydrogens is 418 g/mol. The summed E-state index contributed by atoms with van der Waals surface area (Å²) in [5.41, 5.74) is 11.7. The second-order valence-corrected chi connectivity index (χ2v) is 7.37. The molecule has 0 fully saturated rings. The molecule has 0 amide bonds. The quantitative estimate of drug-likeness (QED) is 0.426. The monoisotopic (exact) mass is 438 g/mol. The number of ether oxygens (including phenoxy) is 1. The molecule has 32 heavy (non-hydrogen) atoms. The van der Waals surface area contributed by atoms with Gasteiger partial charge in [0, 0.05) is 35.1 Å². The van der Waals surface area contributed by atoms with Gasteiger partial charge in [0.15, 0.2) is 17.4 Å². The van der Waals surface area contributed by atoms with Crippen molar-refractivity contribution >= 4 is 33.3 Å². The Morgan fingerprint density at radius 1 is 1.16 bits per heavy atom. The van der Waals surface area contributed by atoms with Crippen LogP contribution in [-0.2, 0) is 13.2 Å². The summed E-state index contributed by atoms with van der Waals surface area (Å²) in [5.74, 6) is -1.25. The van der Waals surface area contributed by atoms with Gasteiger partial charge in [-0.2, -0.15) is 5.10 Å². The van der Waals surface area contributed by atoms with Crippen LogP contribution in [-0.4, -0.2) is 33.0 Å². The highest BCUT2D eigenvalue weighted by atomic mass is 19.1. The van der Waals surface area contributed by atoms with Gasteiger partial charge in [-0.3, -0.25) is 9.69 Å². The Labute approximate surface area is 181 Å². The third-order valence-corrected chi connectivity index (χ3v) is 5.26. The van der Waals surface area contributed by atoms with Crippen LogP contribution in [0.15, 0.2) is 48.8 Å². The summed E-state index contributed by atoms with van der Waals surface area (Å²) < 4.78 is 35.3. The number of halogens is 2. The predicted octanol–water partition coefficient (Wildman–Crippen LogP) is 2.85. The summed E-state index contributed by atoms with van der Waals surface area (Å²) in [6.45, 7) is 1.15. The van der Waals surface area contributed by atoms with Crippen LogP contribution in [0.3, 0.4) is 0 Å². The van der Waals surface area contributed by atoms with Gasteiger partial charge in [0.25, 0.3) is 0 Å². The molecule has 0 atom stereocenters. The number of nitrogens with one attached hydrogen (secondary N) is 1. The highest BCUT2D eigenvalue weighted by Gasteiger charge is 2.17. The molecule has 0 aliphatic carbocycles. The lowest BCUT2D eigenvalue weighted by molar-refractivity contribution is 0.271. The zero-order valence-electron chi connectivity index (χ0n) is 16.9. The number of hydrogen-bond donors (Lipinski definition) is 3. The van der Waals surface area contributed by atoms with Crippen LogP contribution in [0.5, 0.6) is 5.75 Å². The summed E-state index contributed by atoms with van der Waals surface area (Å²) in [7, 11) is 0. The molecule has 0 saturated carbocycles. The third kappa shape index (κ3) is 3.59. The van der Waals surface area contributed by atoms with Gasteiger partial charge >= 0.3 is 0 Å². The lowest BCUT2D eigenvalue weighted by atomic mass is 10.1. The highest BCUT2D eigenvalue weighted by Crippen LogP contribution is 2.31. The van der Waals surface area contributed by atoms with Crippen molar-refractivity contribution in [3.05, 3.63) is 66.0 Å². The lowest BCUT2D eigenvalue weighted by Crippen LogP contribution is -2.29. The van der Waals surface area contributed by atoms with E-state index in [1.54, 1.807) is 10.9 Å². The molecule has 10 heteroatoms. The minimum absolute atomic E-state index is 0.00940. The van der Waals surface area contributed by atoms with Crippen molar-refractivity contribution in [2.45, 2.75) is 13.2 Å². The molecule has 3 heterocycles. The van der Waals surface area contributed by atoms with E-state index in [0.29, 0.717) is 13.1 Å². The van der Waals surface area contributed by atoms with Crippen molar-refractivity contribution < 1.29 is 18.6 Å². The summed E-state index contributed by atoms with van der Waals surface area (Å²) in [5, 5.41) is 16.7. The largest absolute Gasteiger partial charge is 0.485 e. The first-order chi connectivity index (χ1) is 15.5. The van der Waals surface area contributed by atoms with E-state index in [4.69, 9.17) is 10.5 Å². The molecule has 0 bridgehead atoms. The van der Waals surface area contributed by atoms with Crippen LogP contribution in [0.4, 0.5) is 20.3 Å². The first kappa shape index (κ1) is 20.2. The molecule has 2 aromatic carbocycles. The maximum Gasteiger partial charge on any atom is 0.166 e. The van der Waals surface area contributed by atoms with Crippen molar-refractivity contribution in [1.82, 2.24) is 20.2 Å². The van der Waals surface area contributed by atoms with Gasteiger partial charge in [-0.15, -0.1) is 0 Å². The van der Waals surface area contributed by atoms with Crippen LogP contribution in [0, 0.1) is 11.6 Å². The van der Waals surface area contributed by atoms with Crippen molar-refractivity contribution in [2.75, 3.05) is 23.9 Å². The van der Waals surface area contributed by atoms with Crippen molar-refractivity contribution in [3.8, 4) is 5.75 Å². The number of nitrogens with two attached hydrogens (primary N) is 1. The van der Waals surface area contributed by atoms with Gasteiger partial charge in [-0.1, -0.05) is 6.08 Å². The fraction of sp³-hybridized carbons (Fsp3) is 0.182. The van der Waals surface area contributed by atoms with Gasteiger partial charge in [0.05, 0.1) is 30.6 Å². The zero-order chi connectivity index (χ0) is 22.2. The molecule has 0 radical (unpaired) electrons. The number of nitrogens with zero attached hydrogens (tertiary/aromatic N) is 4. The molecule has 0 saturated heterocycles. The minimum atomic E-state index is -0.782. The first-order valence-corrected chi connectivity index (χ1v) is 10.0. The molecule has 1 aliphatic heterocycles. The van der Waals surface area contributed by atoms with E-state index in [-0.39, 0.29) is 35.7 Å². The van der Waals surface area contributed by atoms with Gasteiger partial charge in [-0.05, 0) is 24.3 Å². The molecule has 4 N–H and O–H groups in total. The molecule has 0 unspecified atom stereocenters. The van der Waals surface area contributed by atoms with E-state index >= 15 is 0 Å². The Morgan fingerprint density at radius 2 is 2.03 bits per heavy atom. The summed E-state index contributed by atoms with van der Waals surface area (Å²) >= 11 is 0. The minimum Gasteiger partial charge on any atom is -0.485 e. The molecule has 0 spiro atoms. The van der Waals surface area contributed by atoms with Crippen LogP contribution in [0.2, 0.25) is 0 Å². The lowest BCUT2D eigenvalue weighted by Gasteiger charge is -2.21. The second-order valence-electron chi connectivity index (χ2n) is 7.37. The fourth-order valence-corrected chi connectivity index (χ4v) is 3.77. The number of pyridine rings is 1. The van der Waals surface area contributed by atoms with E-state index in [1.807, 2.05) is 29.4 Å². The Hall–Kier alpha value is -3.76. The van der Waals surface area contributed by atoms with Gasteiger partial charge in [0.1, 0.15) is 17.9 Å². The summed E-state index contributed by atoms with van der Waals surface area (Å²) in [4.78, 5) is 4.04. The molecule has 5 rings (SSSR count). The number of aliphatic hydroxyl groups excluding tert-OH is 1. The van der Waals surface area contributed by atoms with E-state index < -0.39 is 11.6 Å². The molecule has 2 aromatic heterocycles. The number of hydrogen-bond acceptors (Lipinski definition) is 7. The molecule has 1 aliphatic rings. The number of aliphatic hydroxyl groups is 1. The first-order valence-electron chi connectivity index (χ1n) is 10.0. The number of nitrogen functional groups attached to an aromatic ring is 1. The number of benzene rings is 2. The van der Waals surface area contributed by atoms with Crippen LogP contribution in [0.25, 0.3) is 21.8 Å². The van der Waals surface area contributed by atoms with E-state index in [1.165, 1.54) is 12.1 Å². The number of anilines is 2. The van der Waals surface area contributed by atoms with Crippen molar-refractivity contribution in [1.29, 1.82) is 0 Å². The number of fused-ring (bicyclic) bond motifs is 2. The average molecular weight is 438 g/mol. The Balaban J connectivity index is 1.52. The third-order valence-electron chi connectivity index (χ3n) is 5.26. The summed E-state index contributed by atoms with van der Waals surface area (Å²) in [6, 6.07) is 7.34. The van der Waals surface area contributed by atoms with Gasteiger partial charge in [-0.25, -0.2) is 19.2 Å². The topological polar surface area (TPSA) is 101 Å². The van der Waals surface area contributed by atoms with E-state index in [0.717, 1.165) is 28.2 Å². The fourth-order valence-electron chi connectivity index (χ4n) is 3.77. The predicted molar refractivity (Wildman–Crippen MR) is 117 cm³/mol.